The minimum atomic E-state index is -0.261. The Morgan fingerprint density at radius 3 is 1.96 bits per heavy atom. The number of rotatable bonds is 17. The average Bonchev–Trinajstić information content (AvgIpc) is 3.08. The lowest BCUT2D eigenvalue weighted by atomic mass is 10.0. The van der Waals surface area contributed by atoms with E-state index in [9.17, 15) is 4.79 Å². The van der Waals surface area contributed by atoms with Gasteiger partial charge in [-0.15, -0.1) is 0 Å². The highest BCUT2D eigenvalue weighted by molar-refractivity contribution is 5.82. The van der Waals surface area contributed by atoms with Gasteiger partial charge in [-0.05, 0) is 48.1 Å². The first-order valence-corrected chi connectivity index (χ1v) is 17.6. The van der Waals surface area contributed by atoms with Crippen LogP contribution in [0, 0.1) is 0 Å². The van der Waals surface area contributed by atoms with Crippen molar-refractivity contribution >= 4 is 11.6 Å². The number of allylic oxidation sites excluding steroid dienone is 2. The third-order valence-corrected chi connectivity index (χ3v) is 7.68. The van der Waals surface area contributed by atoms with Crippen LogP contribution in [0.25, 0.3) is 0 Å². The quantitative estimate of drug-likeness (QED) is 0.181. The van der Waals surface area contributed by atoms with Gasteiger partial charge in [-0.2, -0.15) is 0 Å². The molecule has 0 unspecified atom stereocenters. The van der Waals surface area contributed by atoms with Crippen molar-refractivity contribution < 1.29 is 4.79 Å². The molecule has 5 heteroatoms. The van der Waals surface area contributed by atoms with Gasteiger partial charge in [0.15, 0.2) is 0 Å². The summed E-state index contributed by atoms with van der Waals surface area (Å²) >= 11 is 0. The summed E-state index contributed by atoms with van der Waals surface area (Å²) in [5.41, 5.74) is 4.83. The molecule has 0 spiro atoms. The Balaban J connectivity index is 0.00000191. The topological polar surface area (TPSA) is 38.8 Å². The smallest absolute Gasteiger partial charge is 0.240 e. The van der Waals surface area contributed by atoms with E-state index in [0.29, 0.717) is 13.0 Å². The highest BCUT2D eigenvalue weighted by Crippen LogP contribution is 2.18. The van der Waals surface area contributed by atoms with E-state index in [1.54, 1.807) is 6.08 Å². The van der Waals surface area contributed by atoms with Crippen molar-refractivity contribution in [3.63, 3.8) is 0 Å². The summed E-state index contributed by atoms with van der Waals surface area (Å²) in [5.74, 6) is 0.191. The van der Waals surface area contributed by atoms with Crippen molar-refractivity contribution in [3.8, 4) is 0 Å². The molecular weight excluding hydrogens is 552 g/mol. The molecule has 1 aliphatic rings. The van der Waals surface area contributed by atoms with Gasteiger partial charge in [0, 0.05) is 58.0 Å². The molecule has 5 nitrogen and oxygen atoms in total. The van der Waals surface area contributed by atoms with E-state index >= 15 is 0 Å². The van der Waals surface area contributed by atoms with Crippen molar-refractivity contribution in [2.75, 3.05) is 50.7 Å². The van der Waals surface area contributed by atoms with E-state index < -0.39 is 0 Å². The molecule has 1 N–H and O–H groups in total. The number of piperazine rings is 1. The zero-order chi connectivity index (χ0) is 33.3. The van der Waals surface area contributed by atoms with Crippen LogP contribution in [0.3, 0.4) is 0 Å². The maximum absolute atomic E-state index is 13.8. The normalized spacial score (nSPS) is 13.9. The van der Waals surface area contributed by atoms with Crippen molar-refractivity contribution in [3.05, 3.63) is 103 Å². The van der Waals surface area contributed by atoms with Gasteiger partial charge in [0.2, 0.25) is 5.91 Å². The Kier molecular flexibility index (Phi) is 22.2. The predicted octanol–water partition coefficient (Wildman–Crippen LogP) is 8.68. The Hall–Kier alpha value is -3.15. The van der Waals surface area contributed by atoms with E-state index in [4.69, 9.17) is 0 Å². The number of nitrogens with zero attached hydrogens (tertiary/aromatic N) is 3. The molecule has 250 valence electrons. The second-order valence-corrected chi connectivity index (χ2v) is 11.5. The summed E-state index contributed by atoms with van der Waals surface area (Å²) in [6.45, 7) is 27.4. The first-order valence-electron chi connectivity index (χ1n) is 17.6. The maximum atomic E-state index is 13.8. The summed E-state index contributed by atoms with van der Waals surface area (Å²) in [6, 6.07) is 19.0. The van der Waals surface area contributed by atoms with E-state index in [1.807, 2.05) is 49.1 Å². The van der Waals surface area contributed by atoms with Gasteiger partial charge in [0.05, 0.1) is 6.04 Å². The van der Waals surface area contributed by atoms with Gasteiger partial charge < -0.3 is 15.1 Å². The van der Waals surface area contributed by atoms with Crippen molar-refractivity contribution in [1.29, 1.82) is 0 Å². The van der Waals surface area contributed by atoms with E-state index in [1.165, 1.54) is 48.9 Å². The fraction of sp³-hybridized carbons (Fsp3) is 0.525. The van der Waals surface area contributed by atoms with Gasteiger partial charge >= 0.3 is 0 Å². The SMILES string of the molecule is C=C/C=C(\C=C)CN1CCN(C(=O)[C@H](Cc2ccccc2)NCc2ccc(N(CCCC)CCCC)cc2)CC1.CC.CCC. The number of hydrogen-bond donors (Lipinski definition) is 1. The van der Waals surface area contributed by atoms with Crippen LogP contribution >= 0.6 is 0 Å². The second-order valence-electron chi connectivity index (χ2n) is 11.5. The van der Waals surface area contributed by atoms with Gasteiger partial charge in [-0.25, -0.2) is 0 Å². The largest absolute Gasteiger partial charge is 0.372 e. The number of anilines is 1. The minimum Gasteiger partial charge on any atom is -0.372 e. The van der Waals surface area contributed by atoms with Crippen molar-refractivity contribution in [1.82, 2.24) is 15.1 Å². The Bertz CT molecular complexity index is 1060. The molecule has 0 aliphatic carbocycles. The molecule has 1 heterocycles. The van der Waals surface area contributed by atoms with Crippen molar-refractivity contribution in [2.24, 2.45) is 0 Å². The Morgan fingerprint density at radius 2 is 1.44 bits per heavy atom. The average molecular weight is 617 g/mol. The predicted molar refractivity (Wildman–Crippen MR) is 198 cm³/mol. The zero-order valence-corrected chi connectivity index (χ0v) is 29.6. The summed E-state index contributed by atoms with van der Waals surface area (Å²) < 4.78 is 0. The standard InChI is InChI=1S/C35H50N4O.C3H8.C2H6/c1-5-9-21-38(22-10-6-2)33-19-17-32(18-20-33)28-36-34(27-31-15-12-11-13-16-31)35(40)39-25-23-37(24-26-39)29-30(8-4)14-7-3;1-3-2;1-2/h7-8,11-20,34,36H,3-6,9-10,21-29H2,1-2H3;3H2,1-2H3;1-2H3/b30-14+;;/t34-;;/m0../s1. The van der Waals surface area contributed by atoms with E-state index in [0.717, 1.165) is 51.4 Å². The summed E-state index contributed by atoms with van der Waals surface area (Å²) in [4.78, 5) is 20.7. The third-order valence-electron chi connectivity index (χ3n) is 7.68. The number of amides is 1. The number of unbranched alkanes of at least 4 members (excludes halogenated alkanes) is 2. The molecule has 3 rings (SSSR count). The van der Waals surface area contributed by atoms with E-state index in [-0.39, 0.29) is 11.9 Å². The molecule has 1 aliphatic heterocycles. The van der Waals surface area contributed by atoms with Gasteiger partial charge in [-0.1, -0.05) is 135 Å². The fourth-order valence-corrected chi connectivity index (χ4v) is 5.17. The van der Waals surface area contributed by atoms with Crippen LogP contribution in [0.1, 0.15) is 84.8 Å². The molecule has 2 aromatic carbocycles. The number of carbonyl (C=O) groups excluding carboxylic acids is 1. The number of carbonyl (C=O) groups is 1. The molecule has 45 heavy (non-hydrogen) atoms. The maximum Gasteiger partial charge on any atom is 0.240 e. The molecule has 0 aromatic heterocycles. The molecule has 2 aromatic rings. The molecule has 0 bridgehead atoms. The number of hydrogen-bond acceptors (Lipinski definition) is 4. The van der Waals surface area contributed by atoms with Gasteiger partial charge in [0.25, 0.3) is 0 Å². The molecule has 0 radical (unpaired) electrons. The first-order chi connectivity index (χ1) is 22.0. The van der Waals surface area contributed by atoms with Crippen LogP contribution in [0.15, 0.2) is 91.6 Å². The van der Waals surface area contributed by atoms with E-state index in [2.05, 4.69) is 92.4 Å². The van der Waals surface area contributed by atoms with Crippen LogP contribution < -0.4 is 10.2 Å². The molecular formula is C40H64N4O. The number of nitrogens with one attached hydrogen (secondary N) is 1. The lowest BCUT2D eigenvalue weighted by Crippen LogP contribution is -2.54. The Morgan fingerprint density at radius 1 is 0.867 bits per heavy atom. The van der Waals surface area contributed by atoms with Gasteiger partial charge in [-0.3, -0.25) is 9.69 Å². The summed E-state index contributed by atoms with van der Waals surface area (Å²) in [5, 5.41) is 3.62. The van der Waals surface area contributed by atoms with Gasteiger partial charge in [0.1, 0.15) is 0 Å². The molecule has 0 saturated carbocycles. The highest BCUT2D eigenvalue weighted by Gasteiger charge is 2.27. The monoisotopic (exact) mass is 617 g/mol. The van der Waals surface area contributed by atoms with Crippen LogP contribution in [-0.2, 0) is 17.8 Å². The Labute approximate surface area is 277 Å². The summed E-state index contributed by atoms with van der Waals surface area (Å²) in [7, 11) is 0. The van der Waals surface area contributed by atoms with Crippen LogP contribution in [0.4, 0.5) is 5.69 Å². The van der Waals surface area contributed by atoms with Crippen LogP contribution in [0.5, 0.6) is 0 Å². The van der Waals surface area contributed by atoms with Crippen LogP contribution in [0.2, 0.25) is 0 Å². The zero-order valence-electron chi connectivity index (χ0n) is 29.6. The molecule has 1 amide bonds. The minimum absolute atomic E-state index is 0.191. The molecule has 1 fully saturated rings. The fourth-order valence-electron chi connectivity index (χ4n) is 5.17. The summed E-state index contributed by atoms with van der Waals surface area (Å²) in [6.07, 6.45) is 12.5. The first kappa shape index (κ1) is 39.9. The van der Waals surface area contributed by atoms with Crippen molar-refractivity contribution in [2.45, 2.75) is 92.7 Å². The lowest BCUT2D eigenvalue weighted by Gasteiger charge is -2.37. The van der Waals surface area contributed by atoms with Crippen LogP contribution in [-0.4, -0.2) is 67.6 Å². The number of benzene rings is 2. The second kappa shape index (κ2) is 25.1. The third kappa shape index (κ3) is 15.6. The lowest BCUT2D eigenvalue weighted by molar-refractivity contribution is -0.135. The highest BCUT2D eigenvalue weighted by atomic mass is 16.2. The molecule has 1 saturated heterocycles. The molecule has 1 atom stereocenters.